The molecule has 6 heteroatoms. The molecule has 1 aliphatic heterocycles. The number of hydroxylamine groups is 2. The highest BCUT2D eigenvalue weighted by molar-refractivity contribution is 5.95. The van der Waals surface area contributed by atoms with Crippen LogP contribution >= 0.6 is 0 Å². The van der Waals surface area contributed by atoms with Crippen LogP contribution in [-0.2, 0) is 4.84 Å². The van der Waals surface area contributed by atoms with Crippen LogP contribution in [0.25, 0.3) is 0 Å². The Balaban J connectivity index is 1.61. The topological polar surface area (TPSA) is 89.2 Å². The molecule has 0 saturated heterocycles. The van der Waals surface area contributed by atoms with E-state index in [1.807, 2.05) is 13.8 Å². The first-order valence-corrected chi connectivity index (χ1v) is 9.04. The molecule has 3 rings (SSSR count). The molecule has 1 saturated carbocycles. The monoisotopic (exact) mass is 343 g/mol. The average molecular weight is 343 g/mol. The van der Waals surface area contributed by atoms with Crippen LogP contribution in [0.5, 0.6) is 0 Å². The lowest BCUT2D eigenvalue weighted by atomic mass is 9.78. The lowest BCUT2D eigenvalue weighted by Gasteiger charge is -2.38. The van der Waals surface area contributed by atoms with E-state index in [0.29, 0.717) is 18.4 Å². The van der Waals surface area contributed by atoms with Gasteiger partial charge in [-0.1, -0.05) is 36.2 Å². The summed E-state index contributed by atoms with van der Waals surface area (Å²) in [7, 11) is 0. The van der Waals surface area contributed by atoms with E-state index in [-0.39, 0.29) is 11.9 Å². The van der Waals surface area contributed by atoms with Gasteiger partial charge in [-0.3, -0.25) is 4.84 Å². The molecular weight excluding hydrogens is 314 g/mol. The number of aliphatic imine (C=N–C) groups is 2. The van der Waals surface area contributed by atoms with Gasteiger partial charge in [0.2, 0.25) is 11.9 Å². The first kappa shape index (κ1) is 17.7. The van der Waals surface area contributed by atoms with Crippen molar-refractivity contribution in [3.63, 3.8) is 0 Å². The number of nitrogens with zero attached hydrogens (tertiary/aromatic N) is 3. The summed E-state index contributed by atoms with van der Waals surface area (Å²) in [5.41, 5.74) is 13.8. The Hall–Kier alpha value is -2.08. The maximum atomic E-state index is 6.02. The SMILES string of the molecule is Cc1cccc([C@@H]2CCC[C@H](CON3C(N)=NC(N)=NC3(C)C)C2)c1. The van der Waals surface area contributed by atoms with Crippen LogP contribution in [0.4, 0.5) is 0 Å². The lowest BCUT2D eigenvalue weighted by molar-refractivity contribution is -0.169. The molecule has 1 fully saturated rings. The van der Waals surface area contributed by atoms with Gasteiger partial charge < -0.3 is 11.5 Å². The molecule has 2 atom stereocenters. The van der Waals surface area contributed by atoms with Crippen molar-refractivity contribution in [2.75, 3.05) is 6.61 Å². The summed E-state index contributed by atoms with van der Waals surface area (Å²) in [5, 5.41) is 1.58. The first-order chi connectivity index (χ1) is 11.8. The Morgan fingerprint density at radius 2 is 2.08 bits per heavy atom. The third-order valence-electron chi connectivity index (χ3n) is 5.06. The second-order valence-corrected chi connectivity index (χ2v) is 7.67. The van der Waals surface area contributed by atoms with E-state index in [1.165, 1.54) is 30.4 Å². The maximum Gasteiger partial charge on any atom is 0.226 e. The third-order valence-corrected chi connectivity index (χ3v) is 5.06. The van der Waals surface area contributed by atoms with Gasteiger partial charge in [-0.25, -0.2) is 4.99 Å². The number of benzene rings is 1. The molecule has 1 aliphatic carbocycles. The molecule has 0 unspecified atom stereocenters. The van der Waals surface area contributed by atoms with E-state index >= 15 is 0 Å². The van der Waals surface area contributed by atoms with Crippen LogP contribution in [0.3, 0.4) is 0 Å². The van der Waals surface area contributed by atoms with Crippen LogP contribution < -0.4 is 11.5 Å². The van der Waals surface area contributed by atoms with E-state index in [1.54, 1.807) is 5.06 Å². The normalized spacial score (nSPS) is 26.1. The predicted molar refractivity (Wildman–Crippen MR) is 101 cm³/mol. The quantitative estimate of drug-likeness (QED) is 0.879. The van der Waals surface area contributed by atoms with Gasteiger partial charge in [-0.2, -0.15) is 10.1 Å². The third kappa shape index (κ3) is 4.12. The fourth-order valence-corrected chi connectivity index (χ4v) is 3.87. The van der Waals surface area contributed by atoms with E-state index < -0.39 is 5.66 Å². The van der Waals surface area contributed by atoms with Crippen LogP contribution in [0, 0.1) is 12.8 Å². The van der Waals surface area contributed by atoms with Gasteiger partial charge in [0.05, 0.1) is 6.61 Å². The van der Waals surface area contributed by atoms with Crippen molar-refractivity contribution < 1.29 is 4.84 Å². The Morgan fingerprint density at radius 3 is 2.80 bits per heavy atom. The van der Waals surface area contributed by atoms with Crippen molar-refractivity contribution in [2.45, 2.75) is 58.0 Å². The summed E-state index contributed by atoms with van der Waals surface area (Å²) in [6.45, 7) is 6.60. The minimum Gasteiger partial charge on any atom is -0.368 e. The van der Waals surface area contributed by atoms with Crippen molar-refractivity contribution in [3.8, 4) is 0 Å². The zero-order valence-corrected chi connectivity index (χ0v) is 15.4. The molecule has 6 nitrogen and oxygen atoms in total. The summed E-state index contributed by atoms with van der Waals surface area (Å²) in [6.07, 6.45) is 4.80. The Labute approximate surface area is 149 Å². The standard InChI is InChI=1S/C19H29N5O/c1-13-6-4-8-15(10-13)16-9-5-7-14(11-16)12-25-24-18(21)22-17(20)23-19(24,2)3/h4,6,8,10,14,16H,5,7,9,11-12H2,1-3H3,(H4,20,21,22,23)/t14-,16+/m0/s1. The number of hydrogen-bond acceptors (Lipinski definition) is 6. The molecule has 1 aromatic rings. The van der Waals surface area contributed by atoms with Gasteiger partial charge in [-0.05, 0) is 57.4 Å². The van der Waals surface area contributed by atoms with Crippen LogP contribution in [0.15, 0.2) is 34.3 Å². The van der Waals surface area contributed by atoms with Crippen LogP contribution in [0.1, 0.15) is 56.6 Å². The highest BCUT2D eigenvalue weighted by Gasteiger charge is 2.34. The number of guanidine groups is 2. The summed E-state index contributed by atoms with van der Waals surface area (Å²) < 4.78 is 0. The van der Waals surface area contributed by atoms with E-state index in [9.17, 15) is 0 Å². The molecule has 4 N–H and O–H groups in total. The van der Waals surface area contributed by atoms with Gasteiger partial charge in [0.1, 0.15) is 0 Å². The van der Waals surface area contributed by atoms with Gasteiger partial charge in [0, 0.05) is 0 Å². The summed E-state index contributed by atoms with van der Waals surface area (Å²) in [5.74, 6) is 1.57. The minimum atomic E-state index is -0.638. The van der Waals surface area contributed by atoms with E-state index in [4.69, 9.17) is 16.3 Å². The number of nitrogens with two attached hydrogens (primary N) is 2. The summed E-state index contributed by atoms with van der Waals surface area (Å²) >= 11 is 0. The zero-order chi connectivity index (χ0) is 18.0. The number of rotatable bonds is 4. The number of aryl methyl sites for hydroxylation is 1. The average Bonchev–Trinajstić information content (AvgIpc) is 2.53. The molecule has 0 spiro atoms. The molecule has 2 aliphatic rings. The minimum absolute atomic E-state index is 0.194. The summed E-state index contributed by atoms with van der Waals surface area (Å²) in [6, 6.07) is 8.86. The predicted octanol–water partition coefficient (Wildman–Crippen LogP) is 2.88. The van der Waals surface area contributed by atoms with Gasteiger partial charge in [0.15, 0.2) is 5.66 Å². The van der Waals surface area contributed by atoms with Crippen molar-refractivity contribution in [1.29, 1.82) is 0 Å². The summed E-state index contributed by atoms with van der Waals surface area (Å²) in [4.78, 5) is 14.4. The molecular formula is C19H29N5O. The molecule has 0 aromatic heterocycles. The van der Waals surface area contributed by atoms with Crippen LogP contribution in [-0.4, -0.2) is 29.3 Å². The molecule has 0 amide bonds. The van der Waals surface area contributed by atoms with E-state index in [0.717, 1.165) is 6.42 Å². The number of hydrogen-bond donors (Lipinski definition) is 2. The largest absolute Gasteiger partial charge is 0.368 e. The fraction of sp³-hybridized carbons (Fsp3) is 0.579. The maximum absolute atomic E-state index is 6.02. The smallest absolute Gasteiger partial charge is 0.226 e. The first-order valence-electron chi connectivity index (χ1n) is 9.04. The second kappa shape index (κ2) is 7.04. The van der Waals surface area contributed by atoms with Crippen molar-refractivity contribution in [3.05, 3.63) is 35.4 Å². The fourth-order valence-electron chi connectivity index (χ4n) is 3.87. The Bertz CT molecular complexity index is 682. The highest BCUT2D eigenvalue weighted by atomic mass is 16.7. The zero-order valence-electron chi connectivity index (χ0n) is 15.4. The van der Waals surface area contributed by atoms with Crippen LogP contribution in [0.2, 0.25) is 0 Å². The van der Waals surface area contributed by atoms with Crippen molar-refractivity contribution in [2.24, 2.45) is 27.4 Å². The van der Waals surface area contributed by atoms with Gasteiger partial charge in [0.25, 0.3) is 0 Å². The van der Waals surface area contributed by atoms with Crippen molar-refractivity contribution in [1.82, 2.24) is 5.06 Å². The van der Waals surface area contributed by atoms with Gasteiger partial charge in [-0.15, -0.1) is 0 Å². The van der Waals surface area contributed by atoms with Crippen molar-refractivity contribution >= 4 is 11.9 Å². The molecule has 25 heavy (non-hydrogen) atoms. The Morgan fingerprint density at radius 1 is 1.28 bits per heavy atom. The molecule has 0 bridgehead atoms. The molecule has 1 aromatic carbocycles. The highest BCUT2D eigenvalue weighted by Crippen LogP contribution is 2.37. The Kier molecular flexibility index (Phi) is 4.99. The molecule has 1 heterocycles. The molecule has 136 valence electrons. The van der Waals surface area contributed by atoms with Gasteiger partial charge >= 0.3 is 0 Å². The lowest BCUT2D eigenvalue weighted by Crippen LogP contribution is -2.54. The second-order valence-electron chi connectivity index (χ2n) is 7.67. The molecule has 0 radical (unpaired) electrons. The van der Waals surface area contributed by atoms with E-state index in [2.05, 4.69) is 41.2 Å².